The third-order valence-electron chi connectivity index (χ3n) is 3.86. The average molecular weight is 345 g/mol. The summed E-state index contributed by atoms with van der Waals surface area (Å²) in [5.41, 5.74) is 1.39. The Bertz CT molecular complexity index is 1000. The molecule has 8 heteroatoms. The Morgan fingerprint density at radius 1 is 1.08 bits per heavy atom. The monoisotopic (exact) mass is 345 g/mol. The number of oxime groups is 1. The van der Waals surface area contributed by atoms with Gasteiger partial charge in [-0.1, -0.05) is 23.4 Å². The van der Waals surface area contributed by atoms with E-state index < -0.39 is 17.7 Å². The van der Waals surface area contributed by atoms with E-state index in [0.29, 0.717) is 28.3 Å². The molecule has 0 saturated carbocycles. The van der Waals surface area contributed by atoms with Gasteiger partial charge in [0, 0.05) is 11.8 Å². The van der Waals surface area contributed by atoms with Crippen LogP contribution >= 0.6 is 0 Å². The molecule has 3 heterocycles. The molecule has 25 heavy (non-hydrogen) atoms. The van der Waals surface area contributed by atoms with E-state index in [2.05, 4.69) is 15.0 Å². The summed E-state index contributed by atoms with van der Waals surface area (Å²) < 4.78 is 39.9. The highest BCUT2D eigenvalue weighted by Gasteiger charge is 2.30. The van der Waals surface area contributed by atoms with Crippen LogP contribution in [0, 0.1) is 0 Å². The molecule has 4 rings (SSSR count). The van der Waals surface area contributed by atoms with Crippen molar-refractivity contribution >= 4 is 17.2 Å². The quantitative estimate of drug-likeness (QED) is 0.666. The summed E-state index contributed by atoms with van der Waals surface area (Å²) >= 11 is 0. The van der Waals surface area contributed by atoms with E-state index in [1.54, 1.807) is 28.8 Å². The van der Waals surface area contributed by atoms with E-state index in [0.717, 1.165) is 12.1 Å². The van der Waals surface area contributed by atoms with Gasteiger partial charge >= 0.3 is 12.1 Å². The first-order chi connectivity index (χ1) is 11.9. The van der Waals surface area contributed by atoms with Gasteiger partial charge in [0.05, 0.1) is 23.2 Å². The maximum atomic E-state index is 12.7. The van der Waals surface area contributed by atoms with Crippen molar-refractivity contribution in [1.29, 1.82) is 0 Å². The van der Waals surface area contributed by atoms with E-state index in [1.165, 1.54) is 12.1 Å². The summed E-state index contributed by atoms with van der Waals surface area (Å²) in [6.45, 7) is 0. The molecule has 0 saturated heterocycles. The molecule has 0 N–H and O–H groups in total. The molecule has 1 aliphatic rings. The van der Waals surface area contributed by atoms with Crippen LogP contribution in [0.15, 0.2) is 53.8 Å². The van der Waals surface area contributed by atoms with Gasteiger partial charge in [-0.3, -0.25) is 4.40 Å². The Balaban J connectivity index is 1.84. The van der Waals surface area contributed by atoms with Crippen molar-refractivity contribution in [2.24, 2.45) is 5.16 Å². The molecule has 0 amide bonds. The molecular weight excluding hydrogens is 335 g/mol. The first-order valence-corrected chi connectivity index (χ1v) is 7.35. The normalized spacial score (nSPS) is 14.7. The highest BCUT2D eigenvalue weighted by atomic mass is 19.4. The smallest absolute Gasteiger partial charge is 0.317 e. The lowest BCUT2D eigenvalue weighted by Gasteiger charge is -2.06. The zero-order valence-electron chi connectivity index (χ0n) is 12.6. The predicted octanol–water partition coefficient (Wildman–Crippen LogP) is 3.67. The number of fused-ring (bicyclic) bond motifs is 1. The summed E-state index contributed by atoms with van der Waals surface area (Å²) in [6.07, 6.45) is -2.65. The molecule has 0 bridgehead atoms. The maximum absolute atomic E-state index is 12.7. The summed E-state index contributed by atoms with van der Waals surface area (Å²) in [7, 11) is 0. The van der Waals surface area contributed by atoms with Crippen LogP contribution in [0.1, 0.15) is 17.8 Å². The zero-order chi connectivity index (χ0) is 17.6. The lowest BCUT2D eigenvalue weighted by molar-refractivity contribution is -0.140. The van der Waals surface area contributed by atoms with Crippen molar-refractivity contribution < 1.29 is 22.8 Å². The van der Waals surface area contributed by atoms with Crippen LogP contribution in [0.5, 0.6) is 0 Å². The second-order valence-electron chi connectivity index (χ2n) is 5.49. The van der Waals surface area contributed by atoms with Crippen molar-refractivity contribution in [3.8, 4) is 11.3 Å². The standard InChI is InChI=1S/C17H10F3N3O2/c18-17(19,20)11-6-4-10(5-7-11)15-13-3-1-2-8-23(13)16(21-15)12-9-14(24)25-22-12/h1-8H,9H2. The van der Waals surface area contributed by atoms with Crippen molar-refractivity contribution in [2.45, 2.75) is 12.6 Å². The highest BCUT2D eigenvalue weighted by Crippen LogP contribution is 2.32. The summed E-state index contributed by atoms with van der Waals surface area (Å²) in [5, 5.41) is 3.73. The summed E-state index contributed by atoms with van der Waals surface area (Å²) in [6, 6.07) is 10.2. The van der Waals surface area contributed by atoms with Crippen LogP contribution in [0.4, 0.5) is 13.2 Å². The van der Waals surface area contributed by atoms with E-state index in [-0.39, 0.29) is 6.42 Å². The Kier molecular flexibility index (Phi) is 3.34. The number of halogens is 3. The largest absolute Gasteiger partial charge is 0.416 e. The van der Waals surface area contributed by atoms with Gasteiger partial charge in [-0.15, -0.1) is 0 Å². The molecule has 0 aliphatic carbocycles. The van der Waals surface area contributed by atoms with Crippen LogP contribution in [-0.4, -0.2) is 21.1 Å². The van der Waals surface area contributed by atoms with Gasteiger partial charge in [0.25, 0.3) is 0 Å². The number of carbonyl (C=O) groups is 1. The van der Waals surface area contributed by atoms with E-state index in [9.17, 15) is 18.0 Å². The van der Waals surface area contributed by atoms with Gasteiger partial charge < -0.3 is 4.84 Å². The third-order valence-corrected chi connectivity index (χ3v) is 3.86. The second-order valence-corrected chi connectivity index (χ2v) is 5.49. The summed E-state index contributed by atoms with van der Waals surface area (Å²) in [5.74, 6) is -0.0462. The molecule has 5 nitrogen and oxygen atoms in total. The van der Waals surface area contributed by atoms with Gasteiger partial charge in [-0.2, -0.15) is 13.2 Å². The van der Waals surface area contributed by atoms with Crippen molar-refractivity contribution in [2.75, 3.05) is 0 Å². The van der Waals surface area contributed by atoms with Gasteiger partial charge in [-0.25, -0.2) is 9.78 Å². The molecule has 0 unspecified atom stereocenters. The van der Waals surface area contributed by atoms with Crippen LogP contribution in [0.3, 0.4) is 0 Å². The Labute approximate surface area is 139 Å². The number of aromatic nitrogens is 2. The lowest BCUT2D eigenvalue weighted by Crippen LogP contribution is -2.05. The van der Waals surface area contributed by atoms with E-state index in [1.807, 2.05) is 0 Å². The minimum atomic E-state index is -4.39. The minimum Gasteiger partial charge on any atom is -0.317 e. The molecular formula is C17H10F3N3O2. The Hall–Kier alpha value is -3.16. The molecule has 0 fully saturated rings. The fourth-order valence-corrected chi connectivity index (χ4v) is 2.70. The first kappa shape index (κ1) is 15.4. The number of nitrogens with zero attached hydrogens (tertiary/aromatic N) is 3. The first-order valence-electron chi connectivity index (χ1n) is 7.35. The Morgan fingerprint density at radius 3 is 2.48 bits per heavy atom. The molecule has 1 aromatic carbocycles. The number of hydrogen-bond donors (Lipinski definition) is 0. The van der Waals surface area contributed by atoms with Gasteiger partial charge in [-0.05, 0) is 24.3 Å². The number of imidazole rings is 1. The predicted molar refractivity (Wildman–Crippen MR) is 82.9 cm³/mol. The van der Waals surface area contributed by atoms with Gasteiger partial charge in [0.1, 0.15) is 5.71 Å². The molecule has 2 aromatic heterocycles. The fraction of sp³-hybridized carbons (Fsp3) is 0.118. The summed E-state index contributed by atoms with van der Waals surface area (Å²) in [4.78, 5) is 20.4. The van der Waals surface area contributed by atoms with Crippen LogP contribution in [0.25, 0.3) is 16.8 Å². The van der Waals surface area contributed by atoms with Crippen molar-refractivity contribution in [1.82, 2.24) is 9.38 Å². The van der Waals surface area contributed by atoms with Crippen molar-refractivity contribution in [3.05, 3.63) is 60.0 Å². The van der Waals surface area contributed by atoms with Crippen LogP contribution < -0.4 is 0 Å². The highest BCUT2D eigenvalue weighted by molar-refractivity contribution is 6.10. The van der Waals surface area contributed by atoms with Crippen molar-refractivity contribution in [3.63, 3.8) is 0 Å². The number of carbonyl (C=O) groups excluding carboxylic acids is 1. The van der Waals surface area contributed by atoms with Crippen LogP contribution in [-0.2, 0) is 15.8 Å². The third kappa shape index (κ3) is 2.65. The average Bonchev–Trinajstić information content (AvgIpc) is 3.18. The molecule has 3 aromatic rings. The number of alkyl halides is 3. The van der Waals surface area contributed by atoms with E-state index >= 15 is 0 Å². The molecule has 0 spiro atoms. The number of pyridine rings is 1. The SMILES string of the molecule is O=C1CC(c2nc(-c3ccc(C(F)(F)F)cc3)c3ccccn23)=NO1. The van der Waals surface area contributed by atoms with E-state index in [4.69, 9.17) is 0 Å². The molecule has 1 aliphatic heterocycles. The zero-order valence-corrected chi connectivity index (χ0v) is 12.6. The minimum absolute atomic E-state index is 0.000456. The second kappa shape index (κ2) is 5.44. The fourth-order valence-electron chi connectivity index (χ4n) is 2.70. The molecule has 126 valence electrons. The number of benzene rings is 1. The van der Waals surface area contributed by atoms with Gasteiger partial charge in [0.15, 0.2) is 5.82 Å². The maximum Gasteiger partial charge on any atom is 0.416 e. The van der Waals surface area contributed by atoms with Crippen LogP contribution in [0.2, 0.25) is 0 Å². The molecule has 0 radical (unpaired) electrons. The molecule has 0 atom stereocenters. The lowest BCUT2D eigenvalue weighted by atomic mass is 10.1. The number of rotatable bonds is 2. The van der Waals surface area contributed by atoms with Gasteiger partial charge in [0.2, 0.25) is 0 Å². The number of hydrogen-bond acceptors (Lipinski definition) is 4. The Morgan fingerprint density at radius 2 is 1.84 bits per heavy atom. The topological polar surface area (TPSA) is 56.0 Å².